The van der Waals surface area contributed by atoms with Crippen LogP contribution in [0.3, 0.4) is 0 Å². The SMILES string of the molecule is I.NC(=NCCCN1CCC(O)CC1)NC1CCCCC1. The Kier molecular flexibility index (Phi) is 9.59. The van der Waals surface area contributed by atoms with Gasteiger partial charge in [0.1, 0.15) is 0 Å². The Bertz CT molecular complexity index is 300. The molecule has 0 spiro atoms. The minimum Gasteiger partial charge on any atom is -0.393 e. The first kappa shape index (κ1) is 19.0. The molecule has 1 saturated carbocycles. The fraction of sp³-hybridized carbons (Fsp3) is 0.933. The summed E-state index contributed by atoms with van der Waals surface area (Å²) in [6.45, 7) is 3.89. The van der Waals surface area contributed by atoms with Gasteiger partial charge in [0.25, 0.3) is 0 Å². The molecule has 5 nitrogen and oxygen atoms in total. The fourth-order valence-corrected chi connectivity index (χ4v) is 3.14. The molecule has 0 aromatic heterocycles. The predicted octanol–water partition coefficient (Wildman–Crippen LogP) is 1.69. The first-order valence-corrected chi connectivity index (χ1v) is 8.21. The summed E-state index contributed by atoms with van der Waals surface area (Å²) in [5, 5.41) is 12.8. The normalized spacial score (nSPS) is 22.8. The van der Waals surface area contributed by atoms with E-state index >= 15 is 0 Å². The number of nitrogens with two attached hydrogens (primary N) is 1. The molecule has 1 heterocycles. The van der Waals surface area contributed by atoms with Crippen molar-refractivity contribution in [3.05, 3.63) is 0 Å². The van der Waals surface area contributed by atoms with E-state index in [0.717, 1.165) is 45.4 Å². The van der Waals surface area contributed by atoms with Gasteiger partial charge in [0.2, 0.25) is 0 Å². The van der Waals surface area contributed by atoms with Crippen LogP contribution in [-0.2, 0) is 0 Å². The van der Waals surface area contributed by atoms with Crippen LogP contribution in [0.4, 0.5) is 0 Å². The highest BCUT2D eigenvalue weighted by atomic mass is 127. The Morgan fingerprint density at radius 2 is 1.81 bits per heavy atom. The number of piperidine rings is 1. The second kappa shape index (κ2) is 10.6. The monoisotopic (exact) mass is 410 g/mol. The largest absolute Gasteiger partial charge is 0.393 e. The lowest BCUT2D eigenvalue weighted by molar-refractivity contribution is 0.0824. The Morgan fingerprint density at radius 3 is 2.48 bits per heavy atom. The second-order valence-electron chi connectivity index (χ2n) is 6.17. The van der Waals surface area contributed by atoms with E-state index in [4.69, 9.17) is 5.73 Å². The van der Waals surface area contributed by atoms with Crippen molar-refractivity contribution in [2.45, 2.75) is 63.5 Å². The molecule has 6 heteroatoms. The highest BCUT2D eigenvalue weighted by molar-refractivity contribution is 14.0. The van der Waals surface area contributed by atoms with Gasteiger partial charge in [-0.15, -0.1) is 24.0 Å². The van der Waals surface area contributed by atoms with Crippen LogP contribution in [0.1, 0.15) is 51.4 Å². The van der Waals surface area contributed by atoms with Crippen LogP contribution >= 0.6 is 24.0 Å². The van der Waals surface area contributed by atoms with Crippen molar-refractivity contribution in [2.75, 3.05) is 26.2 Å². The number of aliphatic imine (C=N–C) groups is 1. The molecule has 0 radical (unpaired) electrons. The highest BCUT2D eigenvalue weighted by Gasteiger charge is 2.16. The molecule has 0 atom stereocenters. The van der Waals surface area contributed by atoms with E-state index in [0.29, 0.717) is 12.0 Å². The van der Waals surface area contributed by atoms with E-state index in [-0.39, 0.29) is 30.1 Å². The molecular formula is C15H31IN4O. The molecule has 0 aromatic rings. The lowest BCUT2D eigenvalue weighted by atomic mass is 9.96. The summed E-state index contributed by atoms with van der Waals surface area (Å²) >= 11 is 0. The molecule has 1 aliphatic heterocycles. The second-order valence-corrected chi connectivity index (χ2v) is 6.17. The van der Waals surface area contributed by atoms with Gasteiger partial charge >= 0.3 is 0 Å². The minimum atomic E-state index is -0.0837. The van der Waals surface area contributed by atoms with Crippen molar-refractivity contribution >= 4 is 29.9 Å². The third-order valence-electron chi connectivity index (χ3n) is 4.43. The molecule has 21 heavy (non-hydrogen) atoms. The molecule has 0 aromatic carbocycles. The van der Waals surface area contributed by atoms with Crippen LogP contribution in [-0.4, -0.2) is 54.3 Å². The van der Waals surface area contributed by atoms with Crippen molar-refractivity contribution in [3.63, 3.8) is 0 Å². The Labute approximate surface area is 145 Å². The highest BCUT2D eigenvalue weighted by Crippen LogP contribution is 2.17. The first-order valence-electron chi connectivity index (χ1n) is 8.21. The zero-order valence-electron chi connectivity index (χ0n) is 13.0. The zero-order valence-corrected chi connectivity index (χ0v) is 15.3. The van der Waals surface area contributed by atoms with Gasteiger partial charge in [-0.2, -0.15) is 0 Å². The lowest BCUT2D eigenvalue weighted by Gasteiger charge is -2.29. The minimum absolute atomic E-state index is 0. The standard InChI is InChI=1S/C15H30N4O.HI/c16-15(18-13-5-2-1-3-6-13)17-9-4-10-19-11-7-14(20)8-12-19;/h13-14,20H,1-12H2,(H3,16,17,18);1H. The maximum Gasteiger partial charge on any atom is 0.188 e. The molecule has 2 aliphatic rings. The Hall–Kier alpha value is -0.0800. The average Bonchev–Trinajstić information content (AvgIpc) is 2.46. The van der Waals surface area contributed by atoms with Gasteiger partial charge in [-0.1, -0.05) is 19.3 Å². The average molecular weight is 410 g/mol. The smallest absolute Gasteiger partial charge is 0.188 e. The summed E-state index contributed by atoms with van der Waals surface area (Å²) in [7, 11) is 0. The number of halogens is 1. The van der Waals surface area contributed by atoms with E-state index in [1.54, 1.807) is 0 Å². The number of guanidine groups is 1. The van der Waals surface area contributed by atoms with Crippen molar-refractivity contribution in [3.8, 4) is 0 Å². The predicted molar refractivity (Wildman–Crippen MR) is 98.2 cm³/mol. The molecule has 4 N–H and O–H groups in total. The number of hydrogen-bond acceptors (Lipinski definition) is 3. The zero-order chi connectivity index (χ0) is 14.2. The summed E-state index contributed by atoms with van der Waals surface area (Å²) in [6.07, 6.45) is 9.22. The van der Waals surface area contributed by atoms with Gasteiger partial charge in [0, 0.05) is 25.7 Å². The summed E-state index contributed by atoms with van der Waals surface area (Å²) in [5.74, 6) is 0.617. The van der Waals surface area contributed by atoms with Crippen molar-refractivity contribution in [1.82, 2.24) is 10.2 Å². The molecule has 2 fully saturated rings. The summed E-state index contributed by atoms with van der Waals surface area (Å²) in [5.41, 5.74) is 5.93. The van der Waals surface area contributed by atoms with Crippen LogP contribution in [0.25, 0.3) is 0 Å². The van der Waals surface area contributed by atoms with E-state index in [1.165, 1.54) is 32.1 Å². The molecule has 124 valence electrons. The number of rotatable bonds is 5. The Balaban J connectivity index is 0.00000220. The third kappa shape index (κ3) is 7.65. The first-order chi connectivity index (χ1) is 9.74. The van der Waals surface area contributed by atoms with Crippen LogP contribution in [0.2, 0.25) is 0 Å². The van der Waals surface area contributed by atoms with Crippen molar-refractivity contribution < 1.29 is 5.11 Å². The molecular weight excluding hydrogens is 379 g/mol. The quantitative estimate of drug-likeness (QED) is 0.279. The van der Waals surface area contributed by atoms with Gasteiger partial charge in [-0.3, -0.25) is 4.99 Å². The summed E-state index contributed by atoms with van der Waals surface area (Å²) in [4.78, 5) is 6.83. The van der Waals surface area contributed by atoms with Crippen molar-refractivity contribution in [2.24, 2.45) is 10.7 Å². The van der Waals surface area contributed by atoms with E-state index in [1.807, 2.05) is 0 Å². The van der Waals surface area contributed by atoms with Crippen LogP contribution in [0.15, 0.2) is 4.99 Å². The molecule has 0 bridgehead atoms. The molecule has 0 amide bonds. The van der Waals surface area contributed by atoms with Gasteiger partial charge < -0.3 is 21.1 Å². The number of hydrogen-bond donors (Lipinski definition) is 3. The van der Waals surface area contributed by atoms with E-state index in [2.05, 4.69) is 15.2 Å². The van der Waals surface area contributed by atoms with Crippen molar-refractivity contribution in [1.29, 1.82) is 0 Å². The number of aliphatic hydroxyl groups is 1. The third-order valence-corrected chi connectivity index (χ3v) is 4.43. The topological polar surface area (TPSA) is 73.9 Å². The number of nitrogens with zero attached hydrogens (tertiary/aromatic N) is 2. The number of likely N-dealkylation sites (tertiary alicyclic amines) is 1. The fourth-order valence-electron chi connectivity index (χ4n) is 3.14. The summed E-state index contributed by atoms with van der Waals surface area (Å²) < 4.78 is 0. The molecule has 2 rings (SSSR count). The molecule has 1 saturated heterocycles. The van der Waals surface area contributed by atoms with Gasteiger partial charge in [-0.25, -0.2) is 0 Å². The lowest BCUT2D eigenvalue weighted by Crippen LogP contribution is -2.41. The van der Waals surface area contributed by atoms with Gasteiger partial charge in [0.15, 0.2) is 5.96 Å². The summed E-state index contributed by atoms with van der Waals surface area (Å²) in [6, 6.07) is 0.538. The van der Waals surface area contributed by atoms with Gasteiger partial charge in [0.05, 0.1) is 6.10 Å². The molecule has 1 aliphatic carbocycles. The van der Waals surface area contributed by atoms with E-state index in [9.17, 15) is 5.11 Å². The van der Waals surface area contributed by atoms with Crippen LogP contribution in [0, 0.1) is 0 Å². The maximum absolute atomic E-state index is 9.45. The number of nitrogens with one attached hydrogen (secondary N) is 1. The molecule has 0 unspecified atom stereocenters. The maximum atomic E-state index is 9.45. The Morgan fingerprint density at radius 1 is 1.14 bits per heavy atom. The van der Waals surface area contributed by atoms with Crippen LogP contribution < -0.4 is 11.1 Å². The van der Waals surface area contributed by atoms with Crippen LogP contribution in [0.5, 0.6) is 0 Å². The number of aliphatic hydroxyl groups excluding tert-OH is 1. The van der Waals surface area contributed by atoms with Gasteiger partial charge in [-0.05, 0) is 38.6 Å². The van der Waals surface area contributed by atoms with E-state index < -0.39 is 0 Å².